The molecule has 0 amide bonds. The second-order valence-electron chi connectivity index (χ2n) is 5.01. The first kappa shape index (κ1) is 22.1. The number of aliphatic hydroxyl groups is 1. The summed E-state index contributed by atoms with van der Waals surface area (Å²) in [6.45, 7) is 4.52. The van der Waals surface area contributed by atoms with Crippen LogP contribution in [0.5, 0.6) is 0 Å². The molecule has 0 saturated heterocycles. The number of unbranched alkanes of at least 4 members (excludes halogenated alkanes) is 1. The van der Waals surface area contributed by atoms with E-state index in [0.717, 1.165) is 30.8 Å². The molecule has 0 unspecified atom stereocenters. The van der Waals surface area contributed by atoms with Gasteiger partial charge in [-0.05, 0) is 36.2 Å². The van der Waals surface area contributed by atoms with E-state index in [0.29, 0.717) is 6.42 Å². The molecule has 4 nitrogen and oxygen atoms in total. The molecule has 0 bridgehead atoms. The van der Waals surface area contributed by atoms with Gasteiger partial charge in [-0.1, -0.05) is 20.3 Å². The van der Waals surface area contributed by atoms with Crippen molar-refractivity contribution in [3.8, 4) is 0 Å². The zero-order valence-corrected chi connectivity index (χ0v) is 16.4. The second-order valence-corrected chi connectivity index (χ2v) is 7.64. The van der Waals surface area contributed by atoms with Crippen LogP contribution in [-0.4, -0.2) is 41.9 Å². The third-order valence-electron chi connectivity index (χ3n) is 2.44. The first-order valence-electron chi connectivity index (χ1n) is 5.89. The molecule has 1 N–H and O–H groups in total. The third-order valence-corrected chi connectivity index (χ3v) is 4.79. The van der Waals surface area contributed by atoms with Crippen molar-refractivity contribution < 1.29 is 69.5 Å². The minimum atomic E-state index is -4.05. The van der Waals surface area contributed by atoms with Gasteiger partial charge in [-0.25, -0.2) is 8.42 Å². The molecule has 0 aromatic rings. The van der Waals surface area contributed by atoms with Crippen LogP contribution in [-0.2, 0) is 10.1 Å². The molecule has 7 heteroatoms. The molecule has 0 aliphatic rings. The summed E-state index contributed by atoms with van der Waals surface area (Å²) in [4.78, 5) is 0. The Morgan fingerprint density at radius 3 is 2.33 bits per heavy atom. The standard InChI is InChI=1S/C11H24O4S2.K/c1-11(2,10-16-8-5-7-12)6-3-4-9-17(13,14)15;/h12H,3-10H2,1-2H3,(H,13,14,15);/q;+1/p-1. The van der Waals surface area contributed by atoms with Gasteiger partial charge in [0.15, 0.2) is 0 Å². The molecule has 0 radical (unpaired) electrons. The molecule has 104 valence electrons. The Bertz CT molecular complexity index is 291. The van der Waals surface area contributed by atoms with E-state index in [4.69, 9.17) is 5.11 Å². The quantitative estimate of drug-likeness (QED) is 0.312. The van der Waals surface area contributed by atoms with Crippen molar-refractivity contribution in [1.82, 2.24) is 0 Å². The Labute approximate surface area is 158 Å². The van der Waals surface area contributed by atoms with E-state index in [1.54, 1.807) is 0 Å². The molecule has 0 saturated carbocycles. The topological polar surface area (TPSA) is 77.4 Å². The van der Waals surface area contributed by atoms with Gasteiger partial charge >= 0.3 is 51.4 Å². The Hall–Kier alpha value is 1.86. The van der Waals surface area contributed by atoms with Crippen molar-refractivity contribution in [3.05, 3.63) is 0 Å². The summed E-state index contributed by atoms with van der Waals surface area (Å²) in [5.41, 5.74) is 0.159. The molecule has 0 spiro atoms. The van der Waals surface area contributed by atoms with Gasteiger partial charge in [0.1, 0.15) is 0 Å². The van der Waals surface area contributed by atoms with Crippen molar-refractivity contribution in [2.75, 3.05) is 23.9 Å². The van der Waals surface area contributed by atoms with Gasteiger partial charge in [-0.2, -0.15) is 11.8 Å². The molecular formula is C11H23KO4S2. The number of rotatable bonds is 10. The van der Waals surface area contributed by atoms with Gasteiger partial charge < -0.3 is 9.66 Å². The predicted octanol–water partition coefficient (Wildman–Crippen LogP) is -1.15. The van der Waals surface area contributed by atoms with E-state index in [-0.39, 0.29) is 69.2 Å². The van der Waals surface area contributed by atoms with Crippen LogP contribution in [0.15, 0.2) is 0 Å². The minimum absolute atomic E-state index is 0. The van der Waals surface area contributed by atoms with Crippen molar-refractivity contribution >= 4 is 21.9 Å². The smallest absolute Gasteiger partial charge is 0.748 e. The number of hydrogen-bond donors (Lipinski definition) is 1. The zero-order valence-electron chi connectivity index (χ0n) is 11.6. The maximum Gasteiger partial charge on any atom is 1.00 e. The molecule has 18 heavy (non-hydrogen) atoms. The van der Waals surface area contributed by atoms with E-state index in [9.17, 15) is 13.0 Å². The van der Waals surface area contributed by atoms with Crippen molar-refractivity contribution in [3.63, 3.8) is 0 Å². The van der Waals surface area contributed by atoms with Crippen LogP contribution in [0.4, 0.5) is 0 Å². The molecule has 0 aliphatic heterocycles. The molecule has 0 atom stereocenters. The van der Waals surface area contributed by atoms with Crippen molar-refractivity contribution in [1.29, 1.82) is 0 Å². The second kappa shape index (κ2) is 11.5. The Balaban J connectivity index is 0. The molecule has 0 fully saturated rings. The summed E-state index contributed by atoms with van der Waals surface area (Å²) in [5.74, 6) is 1.70. The third kappa shape index (κ3) is 15.9. The molecule has 0 aromatic carbocycles. The van der Waals surface area contributed by atoms with E-state index >= 15 is 0 Å². The van der Waals surface area contributed by atoms with Gasteiger partial charge in [-0.3, -0.25) is 0 Å². The first-order valence-corrected chi connectivity index (χ1v) is 8.62. The summed E-state index contributed by atoms with van der Waals surface area (Å²) < 4.78 is 31.2. The number of hydrogen-bond acceptors (Lipinski definition) is 5. The minimum Gasteiger partial charge on any atom is -0.748 e. The van der Waals surface area contributed by atoms with Gasteiger partial charge in [0.2, 0.25) is 0 Å². The molecule has 0 rings (SSSR count). The van der Waals surface area contributed by atoms with Gasteiger partial charge in [0.25, 0.3) is 0 Å². The van der Waals surface area contributed by atoms with Crippen molar-refractivity contribution in [2.45, 2.75) is 39.5 Å². The predicted molar refractivity (Wildman–Crippen MR) is 71.2 cm³/mol. The fraction of sp³-hybridized carbons (Fsp3) is 1.00. The molecule has 0 heterocycles. The average Bonchev–Trinajstić information content (AvgIpc) is 2.18. The van der Waals surface area contributed by atoms with Crippen LogP contribution < -0.4 is 51.4 Å². The van der Waals surface area contributed by atoms with Crippen LogP contribution in [0.2, 0.25) is 0 Å². The van der Waals surface area contributed by atoms with Crippen LogP contribution in [0.25, 0.3) is 0 Å². The van der Waals surface area contributed by atoms with E-state index in [2.05, 4.69) is 13.8 Å². The van der Waals surface area contributed by atoms with Crippen LogP contribution in [0.3, 0.4) is 0 Å². The summed E-state index contributed by atoms with van der Waals surface area (Å²) >= 11 is 1.81. The Morgan fingerprint density at radius 1 is 1.22 bits per heavy atom. The van der Waals surface area contributed by atoms with E-state index < -0.39 is 10.1 Å². The fourth-order valence-electron chi connectivity index (χ4n) is 1.47. The van der Waals surface area contributed by atoms with Crippen molar-refractivity contribution in [2.24, 2.45) is 5.41 Å². The normalized spacial score (nSPS) is 12.2. The number of aliphatic hydroxyl groups excluding tert-OH is 1. The zero-order chi connectivity index (χ0) is 13.4. The monoisotopic (exact) mass is 322 g/mol. The largest absolute Gasteiger partial charge is 1.00 e. The average molecular weight is 323 g/mol. The van der Waals surface area contributed by atoms with E-state index in [1.807, 2.05) is 11.8 Å². The Kier molecular flexibility index (Phi) is 14.2. The SMILES string of the molecule is CC(C)(CCCCS(=O)(=O)[O-])CSCCCO.[K+]. The summed E-state index contributed by atoms with van der Waals surface area (Å²) in [6.07, 6.45) is 2.97. The number of thioether (sulfide) groups is 1. The van der Waals surface area contributed by atoms with E-state index in [1.165, 1.54) is 0 Å². The maximum atomic E-state index is 10.4. The summed E-state index contributed by atoms with van der Waals surface area (Å²) in [7, 11) is -4.05. The summed E-state index contributed by atoms with van der Waals surface area (Å²) in [5, 5.41) is 8.65. The molecular weight excluding hydrogens is 299 g/mol. The van der Waals surface area contributed by atoms with Gasteiger partial charge in [-0.15, -0.1) is 0 Å². The van der Waals surface area contributed by atoms with Crippen LogP contribution in [0.1, 0.15) is 39.5 Å². The van der Waals surface area contributed by atoms with Gasteiger partial charge in [0, 0.05) is 12.4 Å². The fourth-order valence-corrected chi connectivity index (χ4v) is 3.20. The maximum absolute atomic E-state index is 10.4. The van der Waals surface area contributed by atoms with Crippen LogP contribution >= 0.6 is 11.8 Å². The summed E-state index contributed by atoms with van der Waals surface area (Å²) in [6, 6.07) is 0. The van der Waals surface area contributed by atoms with Gasteiger partial charge in [0.05, 0.1) is 10.1 Å². The Morgan fingerprint density at radius 2 is 1.83 bits per heavy atom. The molecule has 0 aliphatic carbocycles. The first-order chi connectivity index (χ1) is 7.77. The van der Waals surface area contributed by atoms with Crippen LogP contribution in [0, 0.1) is 5.41 Å². The molecule has 0 aromatic heterocycles.